The summed E-state index contributed by atoms with van der Waals surface area (Å²) < 4.78 is 0. The van der Waals surface area contributed by atoms with Gasteiger partial charge in [-0.05, 0) is 36.5 Å². The summed E-state index contributed by atoms with van der Waals surface area (Å²) in [5, 5.41) is 20.6. The molecule has 2 aromatic rings. The van der Waals surface area contributed by atoms with E-state index in [-0.39, 0.29) is 0 Å². The van der Waals surface area contributed by atoms with E-state index in [0.717, 1.165) is 23.1 Å². The summed E-state index contributed by atoms with van der Waals surface area (Å²) in [6, 6.07) is 18.2. The normalized spacial score (nSPS) is 22.1. The van der Waals surface area contributed by atoms with Gasteiger partial charge in [0.25, 0.3) is 0 Å². The predicted molar refractivity (Wildman–Crippen MR) is 78.2 cm³/mol. The van der Waals surface area contributed by atoms with E-state index in [1.165, 1.54) is 5.56 Å². The molecule has 2 aromatic carbocycles. The zero-order valence-corrected chi connectivity index (χ0v) is 11.5. The van der Waals surface area contributed by atoms with Gasteiger partial charge in [-0.25, -0.2) is 0 Å². The molecule has 0 fully saturated rings. The molecule has 2 unspecified atom stereocenters. The van der Waals surface area contributed by atoms with Crippen LogP contribution in [0, 0.1) is 18.3 Å². The van der Waals surface area contributed by atoms with Gasteiger partial charge >= 0.3 is 0 Å². The first-order chi connectivity index (χ1) is 9.67. The minimum atomic E-state index is -0.815. The van der Waals surface area contributed by atoms with Crippen molar-refractivity contribution in [3.63, 3.8) is 0 Å². The van der Waals surface area contributed by atoms with Crippen LogP contribution in [0.25, 0.3) is 0 Å². The molecular formula is C18H17NO. The molecule has 0 saturated carbocycles. The molecule has 2 heteroatoms. The van der Waals surface area contributed by atoms with Crippen LogP contribution < -0.4 is 0 Å². The Morgan fingerprint density at radius 1 is 1.20 bits per heavy atom. The van der Waals surface area contributed by atoms with Crippen molar-refractivity contribution in [2.45, 2.75) is 31.3 Å². The second kappa shape index (κ2) is 4.77. The smallest absolute Gasteiger partial charge is 0.113 e. The van der Waals surface area contributed by atoms with E-state index in [1.54, 1.807) is 0 Å². The lowest BCUT2D eigenvalue weighted by Crippen LogP contribution is -2.29. The zero-order valence-electron chi connectivity index (χ0n) is 11.5. The minimum absolute atomic E-state index is 0.679. The van der Waals surface area contributed by atoms with E-state index in [9.17, 15) is 10.4 Å². The average molecular weight is 263 g/mol. The van der Waals surface area contributed by atoms with Gasteiger partial charge in [-0.3, -0.25) is 0 Å². The quantitative estimate of drug-likeness (QED) is 0.902. The number of nitriles is 1. The lowest BCUT2D eigenvalue weighted by atomic mass is 9.75. The maximum absolute atomic E-state index is 10.8. The molecule has 0 spiro atoms. The van der Waals surface area contributed by atoms with Crippen LogP contribution in [0.4, 0.5) is 0 Å². The highest BCUT2D eigenvalue weighted by Gasteiger charge is 2.45. The largest absolute Gasteiger partial charge is 0.386 e. The lowest BCUT2D eigenvalue weighted by molar-refractivity contribution is 0.111. The summed E-state index contributed by atoms with van der Waals surface area (Å²) in [6.45, 7) is 2.00. The Morgan fingerprint density at radius 2 is 2.00 bits per heavy atom. The lowest BCUT2D eigenvalue weighted by Gasteiger charge is -2.29. The Bertz CT molecular complexity index is 686. The third kappa shape index (κ3) is 1.83. The highest BCUT2D eigenvalue weighted by atomic mass is 16.3. The molecule has 1 aliphatic rings. The van der Waals surface area contributed by atoms with E-state index in [2.05, 4.69) is 12.1 Å². The van der Waals surface area contributed by atoms with Crippen molar-refractivity contribution in [2.24, 2.45) is 0 Å². The van der Waals surface area contributed by atoms with Crippen LogP contribution in [-0.2, 0) is 11.8 Å². The number of nitrogens with zero attached hydrogens (tertiary/aromatic N) is 1. The van der Waals surface area contributed by atoms with Gasteiger partial charge in [0.05, 0.1) is 6.07 Å². The van der Waals surface area contributed by atoms with Crippen molar-refractivity contribution in [3.05, 3.63) is 70.8 Å². The van der Waals surface area contributed by atoms with Crippen molar-refractivity contribution in [3.8, 4) is 6.07 Å². The zero-order chi connectivity index (χ0) is 14.2. The molecule has 2 nitrogen and oxygen atoms in total. The topological polar surface area (TPSA) is 44.0 Å². The molecule has 0 bridgehead atoms. The monoisotopic (exact) mass is 263 g/mol. The summed E-state index contributed by atoms with van der Waals surface area (Å²) >= 11 is 0. The second-order valence-electron chi connectivity index (χ2n) is 5.56. The Balaban J connectivity index is 2.10. The predicted octanol–water partition coefficient (Wildman–Crippen LogP) is 3.44. The number of benzene rings is 2. The van der Waals surface area contributed by atoms with Gasteiger partial charge in [-0.1, -0.05) is 54.1 Å². The second-order valence-corrected chi connectivity index (χ2v) is 5.56. The maximum atomic E-state index is 10.8. The Labute approximate surface area is 119 Å². The first kappa shape index (κ1) is 12.9. The molecular weight excluding hydrogens is 246 g/mol. The molecule has 2 atom stereocenters. The van der Waals surface area contributed by atoms with Crippen molar-refractivity contribution >= 4 is 0 Å². The van der Waals surface area contributed by atoms with E-state index in [4.69, 9.17) is 0 Å². The minimum Gasteiger partial charge on any atom is -0.386 e. The van der Waals surface area contributed by atoms with E-state index in [0.29, 0.717) is 6.42 Å². The molecule has 20 heavy (non-hydrogen) atoms. The highest BCUT2D eigenvalue weighted by Crippen LogP contribution is 2.46. The molecule has 0 aromatic heterocycles. The van der Waals surface area contributed by atoms with Crippen molar-refractivity contribution in [1.82, 2.24) is 0 Å². The molecule has 0 amide bonds. The molecule has 1 N–H and O–H groups in total. The SMILES string of the molecule is Cc1cccc(C(O)C2(C#N)CCc3ccccc32)c1. The summed E-state index contributed by atoms with van der Waals surface area (Å²) in [5.74, 6) is 0. The van der Waals surface area contributed by atoms with E-state index >= 15 is 0 Å². The maximum Gasteiger partial charge on any atom is 0.113 e. The first-order valence-electron chi connectivity index (χ1n) is 6.91. The van der Waals surface area contributed by atoms with Gasteiger partial charge in [-0.15, -0.1) is 0 Å². The van der Waals surface area contributed by atoms with Crippen LogP contribution in [0.3, 0.4) is 0 Å². The fourth-order valence-electron chi connectivity index (χ4n) is 3.23. The van der Waals surface area contributed by atoms with Crippen molar-refractivity contribution in [2.75, 3.05) is 0 Å². The molecule has 0 saturated heterocycles. The summed E-state index contributed by atoms with van der Waals surface area (Å²) in [6.07, 6.45) is 0.751. The molecule has 0 heterocycles. The molecule has 0 aliphatic heterocycles. The number of fused-ring (bicyclic) bond motifs is 1. The number of rotatable bonds is 2. The standard InChI is InChI=1S/C18H17NO/c1-13-5-4-7-15(11-13)17(20)18(12-19)10-9-14-6-2-3-8-16(14)18/h2-8,11,17,20H,9-10H2,1H3. The number of aliphatic hydroxyl groups excluding tert-OH is 1. The Morgan fingerprint density at radius 3 is 2.75 bits per heavy atom. The molecule has 0 radical (unpaired) electrons. The van der Waals surface area contributed by atoms with Gasteiger partial charge in [0.15, 0.2) is 0 Å². The fraction of sp³-hybridized carbons (Fsp3) is 0.278. The van der Waals surface area contributed by atoms with Crippen molar-refractivity contribution < 1.29 is 5.11 Å². The van der Waals surface area contributed by atoms with Crippen LogP contribution in [0.1, 0.15) is 34.8 Å². The summed E-state index contributed by atoms with van der Waals surface area (Å²) in [5.41, 5.74) is 3.27. The van der Waals surface area contributed by atoms with E-state index in [1.807, 2.05) is 49.4 Å². The van der Waals surface area contributed by atoms with Gasteiger partial charge in [0, 0.05) is 0 Å². The molecule has 100 valence electrons. The van der Waals surface area contributed by atoms with Crippen LogP contribution in [0.5, 0.6) is 0 Å². The van der Waals surface area contributed by atoms with Crippen molar-refractivity contribution in [1.29, 1.82) is 5.26 Å². The number of hydrogen-bond donors (Lipinski definition) is 1. The van der Waals surface area contributed by atoms with Crippen LogP contribution >= 0.6 is 0 Å². The third-order valence-electron chi connectivity index (χ3n) is 4.31. The summed E-state index contributed by atoms with van der Waals surface area (Å²) in [7, 11) is 0. The fourth-order valence-corrected chi connectivity index (χ4v) is 3.23. The van der Waals surface area contributed by atoms with Crippen LogP contribution in [0.15, 0.2) is 48.5 Å². The molecule has 3 rings (SSSR count). The Hall–Kier alpha value is -2.11. The van der Waals surface area contributed by atoms with Gasteiger partial charge in [0.1, 0.15) is 11.5 Å². The number of aliphatic hydroxyl groups is 1. The Kier molecular flexibility index (Phi) is 3.08. The summed E-state index contributed by atoms with van der Waals surface area (Å²) in [4.78, 5) is 0. The molecule has 1 aliphatic carbocycles. The van der Waals surface area contributed by atoms with Crippen LogP contribution in [-0.4, -0.2) is 5.11 Å². The average Bonchev–Trinajstić information content (AvgIpc) is 2.86. The number of hydrogen-bond acceptors (Lipinski definition) is 2. The van der Waals surface area contributed by atoms with Gasteiger partial charge in [-0.2, -0.15) is 5.26 Å². The third-order valence-corrected chi connectivity index (χ3v) is 4.31. The number of aryl methyl sites for hydroxylation is 2. The van der Waals surface area contributed by atoms with E-state index < -0.39 is 11.5 Å². The first-order valence-corrected chi connectivity index (χ1v) is 6.91. The van der Waals surface area contributed by atoms with Gasteiger partial charge in [0.2, 0.25) is 0 Å². The highest BCUT2D eigenvalue weighted by molar-refractivity contribution is 5.47. The van der Waals surface area contributed by atoms with Gasteiger partial charge < -0.3 is 5.11 Å². The van der Waals surface area contributed by atoms with Crippen LogP contribution in [0.2, 0.25) is 0 Å².